The van der Waals surface area contributed by atoms with Gasteiger partial charge in [-0.15, -0.1) is 0 Å². The van der Waals surface area contributed by atoms with E-state index < -0.39 is 5.54 Å². The Bertz CT molecular complexity index is 498. The highest BCUT2D eigenvalue weighted by molar-refractivity contribution is 14.1. The molecule has 0 aliphatic rings. The summed E-state index contributed by atoms with van der Waals surface area (Å²) >= 11 is 2.28. The van der Waals surface area contributed by atoms with Crippen LogP contribution in [0.25, 0.3) is 0 Å². The van der Waals surface area contributed by atoms with Crippen LogP contribution in [0.5, 0.6) is 0 Å². The van der Waals surface area contributed by atoms with Gasteiger partial charge >= 0.3 is 0 Å². The van der Waals surface area contributed by atoms with Crippen molar-refractivity contribution in [2.75, 3.05) is 11.9 Å². The molecule has 2 aromatic carbocycles. The number of nitrogens with one attached hydrogen (secondary N) is 1. The van der Waals surface area contributed by atoms with E-state index in [2.05, 4.69) is 40.0 Å². The molecule has 2 nitrogen and oxygen atoms in total. The number of hydrogen-bond acceptors (Lipinski definition) is 2. The summed E-state index contributed by atoms with van der Waals surface area (Å²) in [5.41, 5.74) is 1.62. The minimum Gasteiger partial charge on any atom is -0.394 e. The predicted molar refractivity (Wildman–Crippen MR) is 83.7 cm³/mol. The van der Waals surface area contributed by atoms with E-state index in [1.807, 2.05) is 49.4 Å². The van der Waals surface area contributed by atoms with Gasteiger partial charge in [0.25, 0.3) is 0 Å². The van der Waals surface area contributed by atoms with Crippen molar-refractivity contribution in [3.8, 4) is 0 Å². The number of aliphatic hydroxyl groups excluding tert-OH is 1. The minimum absolute atomic E-state index is 0.0441. The second-order valence-corrected chi connectivity index (χ2v) is 5.73. The Kier molecular flexibility index (Phi) is 4.24. The first-order valence-corrected chi connectivity index (χ1v) is 6.92. The molecule has 0 aliphatic heterocycles. The maximum atomic E-state index is 9.70. The van der Waals surface area contributed by atoms with E-state index in [4.69, 9.17) is 0 Å². The molecule has 1 unspecified atom stereocenters. The van der Waals surface area contributed by atoms with Crippen LogP contribution >= 0.6 is 22.6 Å². The zero-order valence-electron chi connectivity index (χ0n) is 10.2. The maximum Gasteiger partial charge on any atom is 0.0828 e. The quantitative estimate of drug-likeness (QED) is 0.823. The van der Waals surface area contributed by atoms with Crippen molar-refractivity contribution in [2.45, 2.75) is 12.5 Å². The molecule has 18 heavy (non-hydrogen) atoms. The summed E-state index contributed by atoms with van der Waals surface area (Å²) in [6, 6.07) is 18.1. The van der Waals surface area contributed by atoms with Crippen LogP contribution in [0, 0.1) is 3.57 Å². The molecule has 3 heteroatoms. The first-order chi connectivity index (χ1) is 8.64. The Morgan fingerprint density at radius 2 is 1.67 bits per heavy atom. The van der Waals surface area contributed by atoms with E-state index in [1.54, 1.807) is 0 Å². The molecule has 0 heterocycles. The normalized spacial score (nSPS) is 13.9. The number of halogens is 1. The van der Waals surface area contributed by atoms with Crippen molar-refractivity contribution in [2.24, 2.45) is 0 Å². The molecule has 0 aliphatic carbocycles. The van der Waals surface area contributed by atoms with Gasteiger partial charge in [-0.2, -0.15) is 0 Å². The number of hydrogen-bond donors (Lipinski definition) is 2. The molecule has 1 atom stereocenters. The van der Waals surface area contributed by atoms with Gasteiger partial charge in [0.1, 0.15) is 0 Å². The summed E-state index contributed by atoms with van der Waals surface area (Å²) < 4.78 is 1.19. The fourth-order valence-electron chi connectivity index (χ4n) is 1.86. The summed E-state index contributed by atoms with van der Waals surface area (Å²) in [6.07, 6.45) is 0. The molecule has 0 amide bonds. The third-order valence-electron chi connectivity index (χ3n) is 2.99. The Morgan fingerprint density at radius 3 is 2.22 bits per heavy atom. The minimum atomic E-state index is -0.467. The van der Waals surface area contributed by atoms with Crippen molar-refractivity contribution in [1.29, 1.82) is 0 Å². The SMILES string of the molecule is CC(CO)(Nc1ccccc1)c1ccc(I)cc1. The Labute approximate surface area is 121 Å². The molecular weight excluding hydrogens is 337 g/mol. The average Bonchev–Trinajstić information content (AvgIpc) is 2.40. The van der Waals surface area contributed by atoms with Crippen LogP contribution in [0.3, 0.4) is 0 Å². The summed E-state index contributed by atoms with van der Waals surface area (Å²) in [5.74, 6) is 0. The van der Waals surface area contributed by atoms with Crippen molar-refractivity contribution >= 4 is 28.3 Å². The summed E-state index contributed by atoms with van der Waals surface area (Å²) in [6.45, 7) is 2.05. The van der Waals surface area contributed by atoms with Gasteiger partial charge in [-0.05, 0) is 59.3 Å². The maximum absolute atomic E-state index is 9.70. The fourth-order valence-corrected chi connectivity index (χ4v) is 2.22. The lowest BCUT2D eigenvalue weighted by atomic mass is 9.92. The standard InChI is InChI=1S/C15H16INO/c1-15(11-18,12-7-9-13(16)10-8-12)17-14-5-3-2-4-6-14/h2-10,17-18H,11H2,1H3. The fraction of sp³-hybridized carbons (Fsp3) is 0.200. The third kappa shape index (κ3) is 3.03. The molecule has 94 valence electrons. The van der Waals surface area contributed by atoms with Crippen LogP contribution in [0.1, 0.15) is 12.5 Å². The van der Waals surface area contributed by atoms with Gasteiger partial charge < -0.3 is 10.4 Å². The van der Waals surface area contributed by atoms with Crippen LogP contribution < -0.4 is 5.32 Å². The molecule has 0 fully saturated rings. The molecule has 0 aromatic heterocycles. The van der Waals surface area contributed by atoms with Gasteiger partial charge in [0.05, 0.1) is 12.1 Å². The smallest absolute Gasteiger partial charge is 0.0828 e. The lowest BCUT2D eigenvalue weighted by molar-refractivity contribution is 0.224. The first-order valence-electron chi connectivity index (χ1n) is 5.84. The van der Waals surface area contributed by atoms with Gasteiger partial charge in [-0.1, -0.05) is 30.3 Å². The average molecular weight is 353 g/mol. The predicted octanol–water partition coefficient (Wildman–Crippen LogP) is 3.61. The van der Waals surface area contributed by atoms with E-state index in [0.29, 0.717) is 0 Å². The molecule has 2 aromatic rings. The molecular formula is C15H16INO. The summed E-state index contributed by atoms with van der Waals surface area (Å²) in [5, 5.41) is 13.1. The Balaban J connectivity index is 2.28. The van der Waals surface area contributed by atoms with E-state index in [1.165, 1.54) is 3.57 Å². The Morgan fingerprint density at radius 1 is 1.06 bits per heavy atom. The molecule has 0 radical (unpaired) electrons. The van der Waals surface area contributed by atoms with Crippen LogP contribution in [0.2, 0.25) is 0 Å². The van der Waals surface area contributed by atoms with Gasteiger partial charge in [-0.25, -0.2) is 0 Å². The number of anilines is 1. The van der Waals surface area contributed by atoms with Gasteiger partial charge in [0, 0.05) is 9.26 Å². The van der Waals surface area contributed by atoms with Crippen molar-refractivity contribution < 1.29 is 5.11 Å². The topological polar surface area (TPSA) is 32.3 Å². The second-order valence-electron chi connectivity index (χ2n) is 4.49. The second kappa shape index (κ2) is 5.71. The van der Waals surface area contributed by atoms with Crippen LogP contribution in [-0.4, -0.2) is 11.7 Å². The molecule has 2 N–H and O–H groups in total. The van der Waals surface area contributed by atoms with E-state index in [9.17, 15) is 5.11 Å². The first kappa shape index (κ1) is 13.4. The van der Waals surface area contributed by atoms with Gasteiger partial charge in [0.15, 0.2) is 0 Å². The Hall–Kier alpha value is -1.07. The van der Waals surface area contributed by atoms with Crippen molar-refractivity contribution in [3.63, 3.8) is 0 Å². The summed E-state index contributed by atoms with van der Waals surface area (Å²) in [7, 11) is 0. The monoisotopic (exact) mass is 353 g/mol. The van der Waals surface area contributed by atoms with E-state index >= 15 is 0 Å². The highest BCUT2D eigenvalue weighted by Crippen LogP contribution is 2.26. The largest absolute Gasteiger partial charge is 0.394 e. The molecule has 0 saturated heterocycles. The van der Waals surface area contributed by atoms with E-state index in [-0.39, 0.29) is 6.61 Å². The zero-order valence-corrected chi connectivity index (χ0v) is 12.4. The van der Waals surface area contributed by atoms with Gasteiger partial charge in [0.2, 0.25) is 0 Å². The lowest BCUT2D eigenvalue weighted by Crippen LogP contribution is -2.35. The van der Waals surface area contributed by atoms with Crippen LogP contribution in [0.4, 0.5) is 5.69 Å². The van der Waals surface area contributed by atoms with Gasteiger partial charge in [-0.3, -0.25) is 0 Å². The lowest BCUT2D eigenvalue weighted by Gasteiger charge is -2.30. The molecule has 0 saturated carbocycles. The molecule has 2 rings (SSSR count). The number of benzene rings is 2. The highest BCUT2D eigenvalue weighted by atomic mass is 127. The van der Waals surface area contributed by atoms with Crippen LogP contribution in [0.15, 0.2) is 54.6 Å². The number of para-hydroxylation sites is 1. The third-order valence-corrected chi connectivity index (χ3v) is 3.71. The molecule has 0 bridgehead atoms. The number of aliphatic hydroxyl groups is 1. The van der Waals surface area contributed by atoms with E-state index in [0.717, 1.165) is 11.3 Å². The summed E-state index contributed by atoms with van der Waals surface area (Å²) in [4.78, 5) is 0. The zero-order chi connectivity index (χ0) is 13.0. The molecule has 0 spiro atoms. The van der Waals surface area contributed by atoms with Crippen LogP contribution in [-0.2, 0) is 5.54 Å². The van der Waals surface area contributed by atoms with Crippen molar-refractivity contribution in [1.82, 2.24) is 0 Å². The highest BCUT2D eigenvalue weighted by Gasteiger charge is 2.25. The van der Waals surface area contributed by atoms with Crippen molar-refractivity contribution in [3.05, 3.63) is 63.7 Å². The number of rotatable bonds is 4.